The number of nitrogens with one attached hydrogen (secondary N) is 1. The molecule has 2 aromatic rings. The number of methoxy groups -OCH3 is 3. The average Bonchev–Trinajstić information content (AvgIpc) is 3.53. The number of rotatable bonds is 6. The SMILES string of the molecule is COc1cc(NC(=O)C2C3C=CC4(CN(c5cc(C)on5)C(=O)C24)O3)cc(OC)c1OC. The van der Waals surface area contributed by atoms with Gasteiger partial charge in [0.05, 0.1) is 45.8 Å². The number of carbonyl (C=O) groups excluding carboxylic acids is 2. The number of aryl methyl sites for hydroxylation is 1. The zero-order chi connectivity index (χ0) is 22.6. The summed E-state index contributed by atoms with van der Waals surface area (Å²) in [5, 5.41) is 6.84. The smallest absolute Gasteiger partial charge is 0.235 e. The highest BCUT2D eigenvalue weighted by Gasteiger charge is 2.67. The van der Waals surface area contributed by atoms with Crippen LogP contribution in [0.4, 0.5) is 11.5 Å². The monoisotopic (exact) mass is 441 g/mol. The molecule has 1 aromatic carbocycles. The van der Waals surface area contributed by atoms with Gasteiger partial charge in [0, 0.05) is 23.9 Å². The number of aromatic nitrogens is 1. The summed E-state index contributed by atoms with van der Waals surface area (Å²) in [5.74, 6) is 0.366. The Morgan fingerprint density at radius 2 is 1.91 bits per heavy atom. The number of fused-ring (bicyclic) bond motifs is 1. The van der Waals surface area contributed by atoms with E-state index in [1.54, 1.807) is 25.1 Å². The van der Waals surface area contributed by atoms with Gasteiger partial charge in [-0.15, -0.1) is 0 Å². The largest absolute Gasteiger partial charge is 0.493 e. The molecule has 0 saturated carbocycles. The average molecular weight is 441 g/mol. The summed E-state index contributed by atoms with van der Waals surface area (Å²) in [6, 6.07) is 4.97. The molecule has 1 aromatic heterocycles. The molecule has 2 amide bonds. The summed E-state index contributed by atoms with van der Waals surface area (Å²) in [7, 11) is 4.50. The first-order valence-corrected chi connectivity index (χ1v) is 10.1. The molecule has 4 unspecified atom stereocenters. The van der Waals surface area contributed by atoms with E-state index in [9.17, 15) is 9.59 Å². The van der Waals surface area contributed by atoms with Crippen LogP contribution in [-0.2, 0) is 14.3 Å². The molecule has 2 fully saturated rings. The van der Waals surface area contributed by atoms with E-state index in [4.69, 9.17) is 23.5 Å². The van der Waals surface area contributed by atoms with Crippen LogP contribution in [0.25, 0.3) is 0 Å². The molecule has 4 atom stereocenters. The van der Waals surface area contributed by atoms with Crippen molar-refractivity contribution in [1.29, 1.82) is 0 Å². The van der Waals surface area contributed by atoms with Crippen molar-refractivity contribution in [2.45, 2.75) is 18.6 Å². The van der Waals surface area contributed by atoms with Gasteiger partial charge >= 0.3 is 0 Å². The number of anilines is 2. The lowest BCUT2D eigenvalue weighted by Crippen LogP contribution is -2.41. The van der Waals surface area contributed by atoms with Crippen LogP contribution in [0.2, 0.25) is 0 Å². The Balaban J connectivity index is 1.43. The van der Waals surface area contributed by atoms with Crippen molar-refractivity contribution in [2.75, 3.05) is 38.1 Å². The lowest BCUT2D eigenvalue weighted by molar-refractivity contribution is -0.128. The van der Waals surface area contributed by atoms with Gasteiger partial charge in [-0.1, -0.05) is 17.3 Å². The maximum atomic E-state index is 13.3. The molecular formula is C22H23N3O7. The molecule has 3 aliphatic heterocycles. The quantitative estimate of drug-likeness (QED) is 0.677. The predicted octanol–water partition coefficient (Wildman–Crippen LogP) is 1.93. The second-order valence-corrected chi connectivity index (χ2v) is 8.02. The molecule has 168 valence electrons. The number of hydrogen-bond donors (Lipinski definition) is 1. The predicted molar refractivity (Wildman–Crippen MR) is 112 cm³/mol. The molecule has 2 bridgehead atoms. The summed E-state index contributed by atoms with van der Waals surface area (Å²) < 4.78 is 27.3. The Kier molecular flexibility index (Phi) is 4.63. The van der Waals surface area contributed by atoms with Gasteiger partial charge in [0.25, 0.3) is 0 Å². The molecule has 32 heavy (non-hydrogen) atoms. The van der Waals surface area contributed by atoms with Crippen LogP contribution in [0.1, 0.15) is 5.76 Å². The fourth-order valence-corrected chi connectivity index (χ4v) is 4.85. The molecule has 0 aliphatic carbocycles. The van der Waals surface area contributed by atoms with Crippen molar-refractivity contribution < 1.29 is 33.1 Å². The molecule has 10 nitrogen and oxygen atoms in total. The third kappa shape index (κ3) is 2.86. The van der Waals surface area contributed by atoms with Crippen molar-refractivity contribution in [3.05, 3.63) is 36.1 Å². The third-order valence-corrected chi connectivity index (χ3v) is 6.23. The van der Waals surface area contributed by atoms with Gasteiger partial charge in [-0.25, -0.2) is 0 Å². The van der Waals surface area contributed by atoms with Gasteiger partial charge in [0.1, 0.15) is 11.4 Å². The van der Waals surface area contributed by atoms with Crippen LogP contribution < -0.4 is 24.4 Å². The number of benzene rings is 1. The Bertz CT molecular complexity index is 1100. The first-order valence-electron chi connectivity index (χ1n) is 10.1. The van der Waals surface area contributed by atoms with E-state index in [-0.39, 0.29) is 18.4 Å². The number of carbonyl (C=O) groups is 2. The molecular weight excluding hydrogens is 418 g/mol. The van der Waals surface area contributed by atoms with E-state index in [2.05, 4.69) is 10.5 Å². The van der Waals surface area contributed by atoms with Crippen molar-refractivity contribution in [2.24, 2.45) is 11.8 Å². The van der Waals surface area contributed by atoms with Gasteiger partial charge in [0.15, 0.2) is 17.3 Å². The lowest BCUT2D eigenvalue weighted by atomic mass is 9.77. The van der Waals surface area contributed by atoms with Gasteiger partial charge < -0.3 is 28.8 Å². The zero-order valence-corrected chi connectivity index (χ0v) is 18.1. The number of ether oxygens (including phenoxy) is 4. The van der Waals surface area contributed by atoms with E-state index in [1.165, 1.54) is 26.2 Å². The number of hydrogen-bond acceptors (Lipinski definition) is 8. The van der Waals surface area contributed by atoms with Crippen LogP contribution in [0.3, 0.4) is 0 Å². The first-order chi connectivity index (χ1) is 15.4. The fourth-order valence-electron chi connectivity index (χ4n) is 4.85. The van der Waals surface area contributed by atoms with Crippen LogP contribution in [-0.4, -0.2) is 56.6 Å². The molecule has 10 heteroatoms. The van der Waals surface area contributed by atoms with Crippen LogP contribution in [0.15, 0.2) is 34.9 Å². The summed E-state index contributed by atoms with van der Waals surface area (Å²) in [6.07, 6.45) is 3.25. The van der Waals surface area contributed by atoms with Gasteiger partial charge in [-0.05, 0) is 6.92 Å². The Hall–Kier alpha value is -3.53. The highest BCUT2D eigenvalue weighted by Crippen LogP contribution is 2.53. The molecule has 0 radical (unpaired) electrons. The minimum Gasteiger partial charge on any atom is -0.493 e. The van der Waals surface area contributed by atoms with E-state index in [0.717, 1.165) is 0 Å². The summed E-state index contributed by atoms with van der Waals surface area (Å²) in [4.78, 5) is 28.2. The number of amides is 2. The molecule has 3 aliphatic rings. The van der Waals surface area contributed by atoms with Gasteiger partial charge in [-0.3, -0.25) is 14.5 Å². The van der Waals surface area contributed by atoms with Crippen molar-refractivity contribution >= 4 is 23.3 Å². The highest BCUT2D eigenvalue weighted by atomic mass is 16.5. The van der Waals surface area contributed by atoms with Crippen molar-refractivity contribution in [3.8, 4) is 17.2 Å². The maximum Gasteiger partial charge on any atom is 0.235 e. The Morgan fingerprint density at radius 1 is 1.19 bits per heavy atom. The van der Waals surface area contributed by atoms with E-state index >= 15 is 0 Å². The topological polar surface area (TPSA) is 112 Å². The minimum absolute atomic E-state index is 0.213. The molecule has 1 N–H and O–H groups in total. The molecule has 5 rings (SSSR count). The first kappa shape index (κ1) is 20.4. The van der Waals surface area contributed by atoms with Crippen LogP contribution in [0.5, 0.6) is 17.2 Å². The van der Waals surface area contributed by atoms with Crippen molar-refractivity contribution in [3.63, 3.8) is 0 Å². The molecule has 1 spiro atoms. The second-order valence-electron chi connectivity index (χ2n) is 8.02. The normalized spacial score (nSPS) is 27.6. The second kappa shape index (κ2) is 7.27. The molecule has 2 saturated heterocycles. The third-order valence-electron chi connectivity index (χ3n) is 6.23. The minimum atomic E-state index is -0.855. The van der Waals surface area contributed by atoms with E-state index in [1.807, 2.05) is 12.2 Å². The fraction of sp³-hybridized carbons (Fsp3) is 0.409. The van der Waals surface area contributed by atoms with E-state index in [0.29, 0.717) is 34.5 Å². The summed E-state index contributed by atoms with van der Waals surface area (Å²) in [6.45, 7) is 2.04. The van der Waals surface area contributed by atoms with Gasteiger partial charge in [-0.2, -0.15) is 0 Å². The summed E-state index contributed by atoms with van der Waals surface area (Å²) >= 11 is 0. The maximum absolute atomic E-state index is 13.3. The zero-order valence-electron chi connectivity index (χ0n) is 18.1. The lowest BCUT2D eigenvalue weighted by Gasteiger charge is -2.23. The summed E-state index contributed by atoms with van der Waals surface area (Å²) in [5.41, 5.74) is -0.397. The van der Waals surface area contributed by atoms with Gasteiger partial charge in [0.2, 0.25) is 17.6 Å². The van der Waals surface area contributed by atoms with Crippen LogP contribution in [0, 0.1) is 18.8 Å². The van der Waals surface area contributed by atoms with E-state index < -0.39 is 23.5 Å². The highest BCUT2D eigenvalue weighted by molar-refractivity contribution is 6.05. The standard InChI is InChI=1S/C22H23N3O7/c1-11-7-16(24-32-11)25-10-22-6-5-13(31-22)17(18(22)21(25)27)20(26)23-12-8-14(28-2)19(30-4)15(9-12)29-3/h5-9,13,17-18H,10H2,1-4H3,(H,23,26). The number of nitrogens with zero attached hydrogens (tertiary/aromatic N) is 2. The Labute approximate surface area is 184 Å². The van der Waals surface area contributed by atoms with Crippen LogP contribution >= 0.6 is 0 Å². The molecule has 4 heterocycles. The Morgan fingerprint density at radius 3 is 2.50 bits per heavy atom. The van der Waals surface area contributed by atoms with Crippen molar-refractivity contribution in [1.82, 2.24) is 5.16 Å².